The highest BCUT2D eigenvalue weighted by Gasteiger charge is 2.26. The number of nitrogens with zero attached hydrogens (tertiary/aromatic N) is 3. The molecule has 2 aromatic rings. The van der Waals surface area contributed by atoms with Crippen molar-refractivity contribution in [3.05, 3.63) is 33.8 Å². The first-order chi connectivity index (χ1) is 15.0. The quantitative estimate of drug-likeness (QED) is 0.472. The number of carbonyl (C=O) groups is 1. The number of fused-ring (bicyclic) bond motifs is 1. The fourth-order valence-corrected chi connectivity index (χ4v) is 4.18. The maximum Gasteiger partial charge on any atom is 0.266 e. The zero-order valence-electron chi connectivity index (χ0n) is 17.7. The molecule has 2 aliphatic rings. The lowest BCUT2D eigenvalue weighted by atomic mass is 9.98. The highest BCUT2D eigenvalue weighted by Crippen LogP contribution is 2.36. The average molecular weight is 534 g/mol. The number of aliphatic imine (C=N–C) groups is 1. The lowest BCUT2D eigenvalue weighted by Gasteiger charge is -2.22. The Balaban J connectivity index is 1.49. The minimum Gasteiger partial charge on any atom is -0.489 e. The van der Waals surface area contributed by atoms with E-state index in [-0.39, 0.29) is 12.0 Å². The number of rotatable bonds is 7. The van der Waals surface area contributed by atoms with Gasteiger partial charge in [0.2, 0.25) is 0 Å². The SMILES string of the molecule is CC(C)Oc1cc(I)ccc1Nc1ncnc2c1N=C(C(=O)NCC1CCNCC1)C2. The fraction of sp³-hybridized carbons (Fsp3) is 0.455. The molecule has 2 aliphatic heterocycles. The van der Waals surface area contributed by atoms with E-state index in [2.05, 4.69) is 53.5 Å². The third-order valence-electron chi connectivity index (χ3n) is 5.31. The summed E-state index contributed by atoms with van der Waals surface area (Å²) in [5.74, 6) is 1.71. The van der Waals surface area contributed by atoms with Crippen LogP contribution < -0.4 is 20.7 Å². The molecule has 0 unspecified atom stereocenters. The molecule has 0 radical (unpaired) electrons. The van der Waals surface area contributed by atoms with Crippen LogP contribution in [0.5, 0.6) is 5.75 Å². The van der Waals surface area contributed by atoms with Crippen molar-refractivity contribution in [3.8, 4) is 5.75 Å². The second-order valence-electron chi connectivity index (χ2n) is 8.09. The van der Waals surface area contributed by atoms with Gasteiger partial charge < -0.3 is 20.7 Å². The van der Waals surface area contributed by atoms with Crippen molar-refractivity contribution < 1.29 is 9.53 Å². The van der Waals surface area contributed by atoms with Crippen molar-refractivity contribution in [2.45, 2.75) is 39.2 Å². The van der Waals surface area contributed by atoms with Crippen LogP contribution in [0.25, 0.3) is 0 Å². The summed E-state index contributed by atoms with van der Waals surface area (Å²) in [6, 6.07) is 5.94. The number of carbonyl (C=O) groups excluding carboxylic acids is 1. The van der Waals surface area contributed by atoms with E-state index in [0.29, 0.717) is 36.1 Å². The Morgan fingerprint density at radius 2 is 2.10 bits per heavy atom. The van der Waals surface area contributed by atoms with Crippen LogP contribution in [0.2, 0.25) is 0 Å². The molecule has 0 atom stereocenters. The summed E-state index contributed by atoms with van der Waals surface area (Å²) in [4.78, 5) is 26.0. The molecule has 164 valence electrons. The van der Waals surface area contributed by atoms with E-state index in [1.54, 1.807) is 0 Å². The largest absolute Gasteiger partial charge is 0.489 e. The minimum atomic E-state index is -0.124. The Morgan fingerprint density at radius 3 is 2.87 bits per heavy atom. The number of anilines is 2. The van der Waals surface area contributed by atoms with Crippen LogP contribution in [0.4, 0.5) is 17.2 Å². The van der Waals surface area contributed by atoms with Gasteiger partial charge in [0.25, 0.3) is 5.91 Å². The number of halogens is 1. The molecular weight excluding hydrogens is 507 g/mol. The van der Waals surface area contributed by atoms with Crippen molar-refractivity contribution in [1.82, 2.24) is 20.6 Å². The smallest absolute Gasteiger partial charge is 0.266 e. The molecule has 31 heavy (non-hydrogen) atoms. The van der Waals surface area contributed by atoms with E-state index in [0.717, 1.165) is 46.6 Å². The Kier molecular flexibility index (Phi) is 7.01. The van der Waals surface area contributed by atoms with Gasteiger partial charge in [0.15, 0.2) is 5.82 Å². The summed E-state index contributed by atoms with van der Waals surface area (Å²) < 4.78 is 7.03. The molecule has 9 heteroatoms. The fourth-order valence-electron chi connectivity index (χ4n) is 3.72. The zero-order chi connectivity index (χ0) is 21.8. The van der Waals surface area contributed by atoms with Gasteiger partial charge >= 0.3 is 0 Å². The molecule has 1 aromatic carbocycles. The monoisotopic (exact) mass is 534 g/mol. The van der Waals surface area contributed by atoms with Crippen LogP contribution >= 0.6 is 22.6 Å². The maximum absolute atomic E-state index is 12.7. The lowest BCUT2D eigenvalue weighted by Crippen LogP contribution is -2.38. The summed E-state index contributed by atoms with van der Waals surface area (Å²) in [5, 5.41) is 9.72. The number of aromatic nitrogens is 2. The Morgan fingerprint density at radius 1 is 1.29 bits per heavy atom. The minimum absolute atomic E-state index is 0.0446. The maximum atomic E-state index is 12.7. The second-order valence-corrected chi connectivity index (χ2v) is 9.33. The highest BCUT2D eigenvalue weighted by molar-refractivity contribution is 14.1. The number of ether oxygens (including phenoxy) is 1. The van der Waals surface area contributed by atoms with E-state index < -0.39 is 0 Å². The molecule has 1 fully saturated rings. The Hall–Kier alpha value is -2.27. The van der Waals surface area contributed by atoms with Crippen LogP contribution in [-0.4, -0.2) is 47.3 Å². The van der Waals surface area contributed by atoms with Gasteiger partial charge in [0, 0.05) is 16.5 Å². The number of benzene rings is 1. The van der Waals surface area contributed by atoms with E-state index in [9.17, 15) is 4.79 Å². The van der Waals surface area contributed by atoms with Crippen LogP contribution in [0.3, 0.4) is 0 Å². The average Bonchev–Trinajstić information content (AvgIpc) is 3.20. The zero-order valence-corrected chi connectivity index (χ0v) is 19.9. The van der Waals surface area contributed by atoms with E-state index >= 15 is 0 Å². The molecule has 3 heterocycles. The summed E-state index contributed by atoms with van der Waals surface area (Å²) >= 11 is 2.26. The van der Waals surface area contributed by atoms with Crippen molar-refractivity contribution in [2.24, 2.45) is 10.9 Å². The molecule has 1 amide bonds. The summed E-state index contributed by atoms with van der Waals surface area (Å²) in [7, 11) is 0. The predicted octanol–water partition coefficient (Wildman–Crippen LogP) is 3.36. The molecular formula is C22H27IN6O2. The number of hydrogen-bond acceptors (Lipinski definition) is 7. The van der Waals surface area contributed by atoms with Crippen LogP contribution in [-0.2, 0) is 11.2 Å². The molecule has 0 saturated carbocycles. The molecule has 0 bridgehead atoms. The van der Waals surface area contributed by atoms with Crippen molar-refractivity contribution in [2.75, 3.05) is 25.0 Å². The van der Waals surface area contributed by atoms with E-state index in [1.807, 2.05) is 32.0 Å². The first-order valence-electron chi connectivity index (χ1n) is 10.6. The van der Waals surface area contributed by atoms with Gasteiger partial charge in [0.1, 0.15) is 23.5 Å². The highest BCUT2D eigenvalue weighted by atomic mass is 127. The molecule has 0 spiro atoms. The third-order valence-corrected chi connectivity index (χ3v) is 5.98. The van der Waals surface area contributed by atoms with E-state index in [1.165, 1.54) is 6.33 Å². The van der Waals surface area contributed by atoms with Gasteiger partial charge in [-0.25, -0.2) is 15.0 Å². The lowest BCUT2D eigenvalue weighted by molar-refractivity contribution is -0.115. The molecule has 1 aromatic heterocycles. The van der Waals surface area contributed by atoms with Crippen LogP contribution in [0, 0.1) is 9.49 Å². The summed E-state index contributed by atoms with van der Waals surface area (Å²) in [6.45, 7) is 6.69. The van der Waals surface area contributed by atoms with E-state index in [4.69, 9.17) is 4.74 Å². The number of amides is 1. The number of piperidine rings is 1. The topological polar surface area (TPSA) is 101 Å². The van der Waals surface area contributed by atoms with Crippen molar-refractivity contribution >= 4 is 51.4 Å². The molecule has 8 nitrogen and oxygen atoms in total. The summed E-state index contributed by atoms with van der Waals surface area (Å²) in [5.41, 5.74) is 2.65. The first kappa shape index (κ1) is 21.9. The Bertz CT molecular complexity index is 988. The van der Waals surface area contributed by atoms with Gasteiger partial charge in [-0.3, -0.25) is 4.79 Å². The van der Waals surface area contributed by atoms with Gasteiger partial charge in [-0.15, -0.1) is 0 Å². The molecule has 0 aliphatic carbocycles. The third kappa shape index (κ3) is 5.51. The van der Waals surface area contributed by atoms with Gasteiger partial charge in [-0.05, 0) is 86.5 Å². The molecule has 3 N–H and O–H groups in total. The Labute approximate surface area is 195 Å². The number of hydrogen-bond donors (Lipinski definition) is 3. The van der Waals surface area contributed by atoms with Crippen molar-refractivity contribution in [1.29, 1.82) is 0 Å². The molecule has 1 saturated heterocycles. The van der Waals surface area contributed by atoms with Crippen LogP contribution in [0.1, 0.15) is 32.4 Å². The van der Waals surface area contributed by atoms with Gasteiger partial charge in [0.05, 0.1) is 17.5 Å². The second kappa shape index (κ2) is 9.90. The normalized spacial score (nSPS) is 16.1. The first-order valence-corrected chi connectivity index (χ1v) is 11.7. The molecule has 4 rings (SSSR count). The van der Waals surface area contributed by atoms with Crippen molar-refractivity contribution in [3.63, 3.8) is 0 Å². The van der Waals surface area contributed by atoms with Gasteiger partial charge in [-0.2, -0.15) is 0 Å². The summed E-state index contributed by atoms with van der Waals surface area (Å²) in [6.07, 6.45) is 4.13. The number of nitrogens with one attached hydrogen (secondary N) is 3. The van der Waals surface area contributed by atoms with Crippen LogP contribution in [0.15, 0.2) is 29.5 Å². The predicted molar refractivity (Wildman–Crippen MR) is 130 cm³/mol. The standard InChI is InChI=1S/C22H27IN6O2/c1-13(2)31-19-9-15(23)3-4-16(19)29-21-20-17(26-12-27-21)10-18(28-20)22(30)25-11-14-5-7-24-8-6-14/h3-4,9,12-14,24H,5-8,10-11H2,1-2H3,(H,25,30)(H,26,27,29). The van der Waals surface area contributed by atoms with Gasteiger partial charge in [-0.1, -0.05) is 0 Å².